The first kappa shape index (κ1) is 14.5. The molecule has 108 valence electrons. The fourth-order valence-corrected chi connectivity index (χ4v) is 2.92. The second kappa shape index (κ2) is 7.65. The molecule has 1 aromatic heterocycles. The zero-order valence-corrected chi connectivity index (χ0v) is 12.4. The summed E-state index contributed by atoms with van der Waals surface area (Å²) in [4.78, 5) is 7.05. The molecule has 0 saturated carbocycles. The van der Waals surface area contributed by atoms with E-state index in [1.54, 1.807) is 0 Å². The Morgan fingerprint density at radius 3 is 3.11 bits per heavy atom. The van der Waals surface area contributed by atoms with Crippen LogP contribution in [0.4, 0.5) is 0 Å². The monoisotopic (exact) mass is 264 g/mol. The van der Waals surface area contributed by atoms with E-state index in [2.05, 4.69) is 39.8 Å². The Morgan fingerprint density at radius 1 is 1.42 bits per heavy atom. The van der Waals surface area contributed by atoms with Crippen molar-refractivity contribution in [2.24, 2.45) is 5.92 Å². The van der Waals surface area contributed by atoms with Gasteiger partial charge in [0.2, 0.25) is 0 Å². The predicted octanol–water partition coefficient (Wildman–Crippen LogP) is 2.11. The summed E-state index contributed by atoms with van der Waals surface area (Å²) < 4.78 is 2.25. The van der Waals surface area contributed by atoms with E-state index < -0.39 is 0 Å². The third-order valence-corrected chi connectivity index (χ3v) is 3.97. The molecule has 0 radical (unpaired) electrons. The molecule has 19 heavy (non-hydrogen) atoms. The Kier molecular flexibility index (Phi) is 5.86. The van der Waals surface area contributed by atoms with Gasteiger partial charge < -0.3 is 9.88 Å². The van der Waals surface area contributed by atoms with Gasteiger partial charge in [0.1, 0.15) is 5.82 Å². The molecule has 0 bridgehead atoms. The highest BCUT2D eigenvalue weighted by atomic mass is 15.2. The van der Waals surface area contributed by atoms with Crippen LogP contribution in [0.1, 0.15) is 38.9 Å². The van der Waals surface area contributed by atoms with Gasteiger partial charge in [0.15, 0.2) is 0 Å². The third kappa shape index (κ3) is 4.32. The lowest BCUT2D eigenvalue weighted by Crippen LogP contribution is -2.39. The van der Waals surface area contributed by atoms with Crippen molar-refractivity contribution in [3.63, 3.8) is 0 Å². The highest BCUT2D eigenvalue weighted by molar-refractivity contribution is 4.93. The second-order valence-corrected chi connectivity index (χ2v) is 5.58. The van der Waals surface area contributed by atoms with Crippen LogP contribution in [-0.4, -0.2) is 40.6 Å². The van der Waals surface area contributed by atoms with Crippen molar-refractivity contribution in [1.82, 2.24) is 19.8 Å². The standard InChI is InChI=1S/C15H28N4/c1-3-7-16-11-14-6-5-9-18(12-14)13-15-17-8-10-19(15)4-2/h8,10,14,16H,3-7,9,11-13H2,1-2H3. The molecule has 0 amide bonds. The van der Waals surface area contributed by atoms with Crippen LogP contribution in [-0.2, 0) is 13.1 Å². The van der Waals surface area contributed by atoms with E-state index in [1.165, 1.54) is 44.7 Å². The molecule has 4 heteroatoms. The number of imidazole rings is 1. The van der Waals surface area contributed by atoms with Crippen LogP contribution in [0, 0.1) is 5.92 Å². The van der Waals surface area contributed by atoms with E-state index in [-0.39, 0.29) is 0 Å². The summed E-state index contributed by atoms with van der Waals surface area (Å²) in [5.74, 6) is 2.02. The number of nitrogens with zero attached hydrogens (tertiary/aromatic N) is 3. The van der Waals surface area contributed by atoms with Gasteiger partial charge in [-0.1, -0.05) is 6.92 Å². The van der Waals surface area contributed by atoms with Gasteiger partial charge in [-0.05, 0) is 51.7 Å². The number of hydrogen-bond donors (Lipinski definition) is 1. The highest BCUT2D eigenvalue weighted by Gasteiger charge is 2.20. The zero-order chi connectivity index (χ0) is 13.5. The summed E-state index contributed by atoms with van der Waals surface area (Å²) in [5, 5.41) is 3.56. The van der Waals surface area contributed by atoms with Crippen LogP contribution in [0.3, 0.4) is 0 Å². The number of aryl methyl sites for hydroxylation is 1. The van der Waals surface area contributed by atoms with Crippen LogP contribution in [0.5, 0.6) is 0 Å². The van der Waals surface area contributed by atoms with E-state index in [1.807, 2.05) is 6.20 Å². The maximum atomic E-state index is 4.49. The van der Waals surface area contributed by atoms with Crippen molar-refractivity contribution in [2.45, 2.75) is 46.2 Å². The van der Waals surface area contributed by atoms with Crippen molar-refractivity contribution in [2.75, 3.05) is 26.2 Å². The van der Waals surface area contributed by atoms with E-state index in [9.17, 15) is 0 Å². The molecule has 1 N–H and O–H groups in total. The topological polar surface area (TPSA) is 33.1 Å². The molecule has 1 aliphatic heterocycles. The van der Waals surface area contributed by atoms with Gasteiger partial charge in [-0.15, -0.1) is 0 Å². The molecule has 0 aromatic carbocycles. The Hall–Kier alpha value is -0.870. The molecule has 4 nitrogen and oxygen atoms in total. The van der Waals surface area contributed by atoms with Gasteiger partial charge >= 0.3 is 0 Å². The fraction of sp³-hybridized carbons (Fsp3) is 0.800. The molecule has 1 saturated heterocycles. The van der Waals surface area contributed by atoms with Gasteiger partial charge in [-0.3, -0.25) is 4.90 Å². The van der Waals surface area contributed by atoms with Crippen molar-refractivity contribution >= 4 is 0 Å². The first-order valence-corrected chi connectivity index (χ1v) is 7.76. The Bertz CT molecular complexity index is 361. The molecular weight excluding hydrogens is 236 g/mol. The molecule has 1 aromatic rings. The number of hydrogen-bond acceptors (Lipinski definition) is 3. The van der Waals surface area contributed by atoms with Gasteiger partial charge in [0, 0.05) is 25.5 Å². The largest absolute Gasteiger partial charge is 0.334 e. The Morgan fingerprint density at radius 2 is 2.32 bits per heavy atom. The number of nitrogens with one attached hydrogen (secondary N) is 1. The average Bonchev–Trinajstić information content (AvgIpc) is 2.87. The zero-order valence-electron chi connectivity index (χ0n) is 12.4. The van der Waals surface area contributed by atoms with Gasteiger partial charge in [0.25, 0.3) is 0 Å². The minimum absolute atomic E-state index is 0.810. The van der Waals surface area contributed by atoms with Crippen molar-refractivity contribution in [1.29, 1.82) is 0 Å². The van der Waals surface area contributed by atoms with Gasteiger partial charge in [-0.2, -0.15) is 0 Å². The van der Waals surface area contributed by atoms with Crippen LogP contribution in [0.25, 0.3) is 0 Å². The molecule has 1 unspecified atom stereocenters. The molecule has 1 aliphatic rings. The average molecular weight is 264 g/mol. The lowest BCUT2D eigenvalue weighted by atomic mass is 9.98. The normalized spacial score (nSPS) is 20.8. The van der Waals surface area contributed by atoms with Crippen molar-refractivity contribution in [3.8, 4) is 0 Å². The summed E-state index contributed by atoms with van der Waals surface area (Å²) in [6, 6.07) is 0. The van der Waals surface area contributed by atoms with Crippen molar-refractivity contribution < 1.29 is 0 Å². The summed E-state index contributed by atoms with van der Waals surface area (Å²) in [6.07, 6.45) is 7.92. The summed E-state index contributed by atoms with van der Waals surface area (Å²) >= 11 is 0. The predicted molar refractivity (Wildman–Crippen MR) is 79.1 cm³/mol. The van der Waals surface area contributed by atoms with E-state index in [4.69, 9.17) is 0 Å². The quantitative estimate of drug-likeness (QED) is 0.766. The lowest BCUT2D eigenvalue weighted by Gasteiger charge is -2.32. The maximum absolute atomic E-state index is 4.49. The number of likely N-dealkylation sites (tertiary alicyclic amines) is 1. The molecule has 1 fully saturated rings. The second-order valence-electron chi connectivity index (χ2n) is 5.58. The van der Waals surface area contributed by atoms with Gasteiger partial charge in [-0.25, -0.2) is 4.98 Å². The molecule has 0 spiro atoms. The third-order valence-electron chi connectivity index (χ3n) is 3.97. The fourth-order valence-electron chi connectivity index (χ4n) is 2.92. The highest BCUT2D eigenvalue weighted by Crippen LogP contribution is 2.17. The molecular formula is C15H28N4. The van der Waals surface area contributed by atoms with Gasteiger partial charge in [0.05, 0.1) is 6.54 Å². The Balaban J connectivity index is 1.80. The van der Waals surface area contributed by atoms with Crippen molar-refractivity contribution in [3.05, 3.63) is 18.2 Å². The smallest absolute Gasteiger partial charge is 0.122 e. The van der Waals surface area contributed by atoms with Crippen LogP contribution >= 0.6 is 0 Å². The summed E-state index contributed by atoms with van der Waals surface area (Å²) in [7, 11) is 0. The minimum Gasteiger partial charge on any atom is -0.334 e. The minimum atomic E-state index is 0.810. The van der Waals surface area contributed by atoms with E-state index in [0.717, 1.165) is 25.6 Å². The first-order valence-electron chi connectivity index (χ1n) is 7.76. The van der Waals surface area contributed by atoms with Crippen LogP contribution < -0.4 is 5.32 Å². The summed E-state index contributed by atoms with van der Waals surface area (Å²) in [6.45, 7) is 11.2. The number of piperidine rings is 1. The lowest BCUT2D eigenvalue weighted by molar-refractivity contribution is 0.160. The Labute approximate surface area is 117 Å². The molecule has 2 rings (SSSR count). The number of aromatic nitrogens is 2. The van der Waals surface area contributed by atoms with Crippen LogP contribution in [0.2, 0.25) is 0 Å². The maximum Gasteiger partial charge on any atom is 0.122 e. The number of rotatable bonds is 7. The first-order chi connectivity index (χ1) is 9.33. The molecule has 0 aliphatic carbocycles. The molecule has 1 atom stereocenters. The summed E-state index contributed by atoms with van der Waals surface area (Å²) in [5.41, 5.74) is 0. The molecule has 2 heterocycles. The SMILES string of the molecule is CCCNCC1CCCN(Cc2nccn2CC)C1. The van der Waals surface area contributed by atoms with E-state index >= 15 is 0 Å². The van der Waals surface area contributed by atoms with E-state index in [0.29, 0.717) is 0 Å². The van der Waals surface area contributed by atoms with Crippen LogP contribution in [0.15, 0.2) is 12.4 Å².